The Kier molecular flexibility index (Phi) is 3.06. The van der Waals surface area contributed by atoms with Gasteiger partial charge in [0.1, 0.15) is 5.75 Å². The zero-order valence-corrected chi connectivity index (χ0v) is 9.31. The molecule has 17 heavy (non-hydrogen) atoms. The molecule has 0 spiro atoms. The van der Waals surface area contributed by atoms with E-state index in [2.05, 4.69) is 4.18 Å². The standard InChI is InChI=1S/C11H8F3NOS/c12-11(13,14)17-16-8-5-4-7-2-1-3-10(15)9(7)6-8/h1-6H,15H2. The molecule has 2 N–H and O–H groups in total. The van der Waals surface area contributed by atoms with Crippen LogP contribution in [0.15, 0.2) is 36.4 Å². The summed E-state index contributed by atoms with van der Waals surface area (Å²) in [6, 6.07) is 9.92. The van der Waals surface area contributed by atoms with Crippen LogP contribution >= 0.6 is 12.0 Å². The minimum atomic E-state index is -4.42. The van der Waals surface area contributed by atoms with Crippen LogP contribution in [0.25, 0.3) is 10.8 Å². The van der Waals surface area contributed by atoms with E-state index < -0.39 is 17.6 Å². The molecule has 2 aromatic carbocycles. The molecule has 2 nitrogen and oxygen atoms in total. The van der Waals surface area contributed by atoms with E-state index in [4.69, 9.17) is 5.73 Å². The molecule has 0 saturated heterocycles. The molecule has 0 radical (unpaired) electrons. The van der Waals surface area contributed by atoms with E-state index in [1.807, 2.05) is 6.07 Å². The molecule has 0 heterocycles. The Morgan fingerprint density at radius 3 is 2.59 bits per heavy atom. The number of nitrogen functional groups attached to an aromatic ring is 1. The molecule has 0 atom stereocenters. The van der Waals surface area contributed by atoms with Crippen molar-refractivity contribution in [1.82, 2.24) is 0 Å². The van der Waals surface area contributed by atoms with Crippen molar-refractivity contribution in [2.45, 2.75) is 5.51 Å². The molecule has 0 bridgehead atoms. The number of anilines is 1. The number of fused-ring (bicyclic) bond motifs is 1. The molecule has 0 aliphatic rings. The highest BCUT2D eigenvalue weighted by Crippen LogP contribution is 2.34. The molecule has 0 aliphatic carbocycles. The van der Waals surface area contributed by atoms with Crippen LogP contribution in [0.5, 0.6) is 5.75 Å². The van der Waals surface area contributed by atoms with Crippen LogP contribution in [0.1, 0.15) is 0 Å². The molecule has 0 saturated carbocycles. The molecule has 0 aromatic heterocycles. The topological polar surface area (TPSA) is 35.2 Å². The summed E-state index contributed by atoms with van der Waals surface area (Å²) in [6.07, 6.45) is 0. The second-order valence-corrected chi connectivity index (χ2v) is 4.14. The van der Waals surface area contributed by atoms with Crippen molar-refractivity contribution in [3.8, 4) is 5.75 Å². The Balaban J connectivity index is 2.28. The van der Waals surface area contributed by atoms with Gasteiger partial charge in [0.2, 0.25) is 0 Å². The van der Waals surface area contributed by atoms with Crippen LogP contribution < -0.4 is 9.92 Å². The van der Waals surface area contributed by atoms with Crippen molar-refractivity contribution in [3.63, 3.8) is 0 Å². The van der Waals surface area contributed by atoms with Crippen molar-refractivity contribution in [3.05, 3.63) is 36.4 Å². The Hall–Kier alpha value is -1.56. The molecular weight excluding hydrogens is 251 g/mol. The summed E-state index contributed by atoms with van der Waals surface area (Å²) in [7, 11) is 0. The Morgan fingerprint density at radius 2 is 1.88 bits per heavy atom. The summed E-state index contributed by atoms with van der Waals surface area (Å²) in [5.74, 6) is 0.123. The average Bonchev–Trinajstić information content (AvgIpc) is 2.26. The summed E-state index contributed by atoms with van der Waals surface area (Å²) >= 11 is -0.540. The van der Waals surface area contributed by atoms with Crippen LogP contribution in [0, 0.1) is 0 Å². The first-order chi connectivity index (χ1) is 7.96. The predicted octanol–water partition coefficient (Wildman–Crippen LogP) is 3.97. The number of hydrogen-bond acceptors (Lipinski definition) is 3. The van der Waals surface area contributed by atoms with Gasteiger partial charge in [-0.1, -0.05) is 18.2 Å². The van der Waals surface area contributed by atoms with Gasteiger partial charge in [-0.05, 0) is 23.6 Å². The van der Waals surface area contributed by atoms with Gasteiger partial charge in [-0.15, -0.1) is 0 Å². The second kappa shape index (κ2) is 4.37. The maximum absolute atomic E-state index is 11.9. The van der Waals surface area contributed by atoms with Gasteiger partial charge in [0.25, 0.3) is 0 Å². The summed E-state index contributed by atoms with van der Waals surface area (Å²) in [5.41, 5.74) is 1.81. The molecule has 0 fully saturated rings. The number of benzene rings is 2. The number of nitrogens with two attached hydrogens (primary N) is 1. The van der Waals surface area contributed by atoms with E-state index in [1.54, 1.807) is 18.2 Å². The molecule has 0 unspecified atom stereocenters. The van der Waals surface area contributed by atoms with E-state index in [0.717, 1.165) is 5.39 Å². The van der Waals surface area contributed by atoms with E-state index >= 15 is 0 Å². The fourth-order valence-corrected chi connectivity index (χ4v) is 1.72. The lowest BCUT2D eigenvalue weighted by molar-refractivity contribution is -0.0369. The third-order valence-corrected chi connectivity index (χ3v) is 2.58. The Morgan fingerprint density at radius 1 is 1.12 bits per heavy atom. The first-order valence-electron chi connectivity index (χ1n) is 4.66. The summed E-state index contributed by atoms with van der Waals surface area (Å²) < 4.78 is 40.4. The van der Waals surface area contributed by atoms with Gasteiger partial charge in [-0.2, -0.15) is 13.2 Å². The highest BCUT2D eigenvalue weighted by molar-refractivity contribution is 7.95. The smallest absolute Gasteiger partial charge is 0.417 e. The van der Waals surface area contributed by atoms with Crippen LogP contribution in [-0.2, 0) is 0 Å². The minimum Gasteiger partial charge on any atom is -0.417 e. The van der Waals surface area contributed by atoms with E-state index in [1.165, 1.54) is 12.1 Å². The highest BCUT2D eigenvalue weighted by atomic mass is 32.2. The summed E-state index contributed by atoms with van der Waals surface area (Å²) in [6.45, 7) is 0. The maximum atomic E-state index is 11.9. The number of rotatable bonds is 2. The van der Waals surface area contributed by atoms with Gasteiger partial charge in [-0.25, -0.2) is 0 Å². The van der Waals surface area contributed by atoms with Crippen molar-refractivity contribution in [2.75, 3.05) is 5.73 Å². The second-order valence-electron chi connectivity index (χ2n) is 3.34. The van der Waals surface area contributed by atoms with Crippen molar-refractivity contribution >= 4 is 28.5 Å². The van der Waals surface area contributed by atoms with E-state index in [0.29, 0.717) is 11.1 Å². The largest absolute Gasteiger partial charge is 0.479 e. The number of hydrogen-bond donors (Lipinski definition) is 1. The quantitative estimate of drug-likeness (QED) is 0.654. The Bertz CT molecular complexity index is 542. The van der Waals surface area contributed by atoms with Gasteiger partial charge >= 0.3 is 5.51 Å². The van der Waals surface area contributed by atoms with Crippen molar-refractivity contribution in [2.24, 2.45) is 0 Å². The van der Waals surface area contributed by atoms with Crippen LogP contribution in [0.2, 0.25) is 0 Å². The lowest BCUT2D eigenvalue weighted by Crippen LogP contribution is -2.02. The summed E-state index contributed by atoms with van der Waals surface area (Å²) in [5, 5.41) is 1.53. The fraction of sp³-hybridized carbons (Fsp3) is 0.0909. The van der Waals surface area contributed by atoms with Crippen LogP contribution in [0.3, 0.4) is 0 Å². The predicted molar refractivity (Wildman–Crippen MR) is 62.6 cm³/mol. The number of halogens is 3. The average molecular weight is 259 g/mol. The van der Waals surface area contributed by atoms with Gasteiger partial charge in [0.05, 0.1) is 0 Å². The molecule has 2 rings (SSSR count). The highest BCUT2D eigenvalue weighted by Gasteiger charge is 2.31. The van der Waals surface area contributed by atoms with Crippen molar-refractivity contribution in [1.29, 1.82) is 0 Å². The molecule has 2 aromatic rings. The zero-order valence-electron chi connectivity index (χ0n) is 8.49. The zero-order chi connectivity index (χ0) is 12.5. The van der Waals surface area contributed by atoms with Gasteiger partial charge in [0.15, 0.2) is 12.0 Å². The lowest BCUT2D eigenvalue weighted by Gasteiger charge is -2.08. The van der Waals surface area contributed by atoms with Crippen LogP contribution in [0.4, 0.5) is 18.9 Å². The van der Waals surface area contributed by atoms with Gasteiger partial charge in [0, 0.05) is 11.1 Å². The normalized spacial score (nSPS) is 11.7. The molecule has 0 aliphatic heterocycles. The SMILES string of the molecule is Nc1cccc2ccc(OSC(F)(F)F)cc12. The van der Waals surface area contributed by atoms with Gasteiger partial charge in [-0.3, -0.25) is 0 Å². The fourth-order valence-electron chi connectivity index (χ4n) is 1.42. The molecule has 0 amide bonds. The third kappa shape index (κ3) is 2.97. The number of alkyl halides is 3. The van der Waals surface area contributed by atoms with Gasteiger partial charge < -0.3 is 9.92 Å². The molecular formula is C11H8F3NOS. The first kappa shape index (κ1) is 11.9. The van der Waals surface area contributed by atoms with Crippen LogP contribution in [-0.4, -0.2) is 5.51 Å². The van der Waals surface area contributed by atoms with E-state index in [-0.39, 0.29) is 5.75 Å². The minimum absolute atomic E-state index is 0.123. The first-order valence-corrected chi connectivity index (χ1v) is 5.40. The van der Waals surface area contributed by atoms with E-state index in [9.17, 15) is 13.2 Å². The lowest BCUT2D eigenvalue weighted by atomic mass is 10.1. The summed E-state index contributed by atoms with van der Waals surface area (Å²) in [4.78, 5) is 0. The monoisotopic (exact) mass is 259 g/mol. The third-order valence-electron chi connectivity index (χ3n) is 2.12. The Labute approximate surface area is 99.8 Å². The van der Waals surface area contributed by atoms with Crippen molar-refractivity contribution < 1.29 is 17.4 Å². The molecule has 6 heteroatoms. The molecule has 90 valence electrons. The maximum Gasteiger partial charge on any atom is 0.479 e.